The first-order valence-electron chi connectivity index (χ1n) is 8.66. The summed E-state index contributed by atoms with van der Waals surface area (Å²) in [5.41, 5.74) is 2.32. The summed E-state index contributed by atoms with van der Waals surface area (Å²) in [4.78, 5) is 25.8. The Balaban J connectivity index is 1.46. The highest BCUT2D eigenvalue weighted by atomic mass is 32.2. The van der Waals surface area contributed by atoms with E-state index < -0.39 is 5.97 Å². The molecule has 0 fully saturated rings. The third-order valence-corrected chi connectivity index (χ3v) is 6.46. The number of aromatic nitrogens is 4. The van der Waals surface area contributed by atoms with Crippen LogP contribution >= 0.6 is 23.1 Å². The number of amides is 1. The van der Waals surface area contributed by atoms with Gasteiger partial charge in [-0.3, -0.25) is 4.79 Å². The Kier molecular flexibility index (Phi) is 5.40. The molecule has 1 amide bonds. The van der Waals surface area contributed by atoms with Crippen LogP contribution in [0.4, 0.5) is 5.00 Å². The van der Waals surface area contributed by atoms with Crippen molar-refractivity contribution in [1.82, 2.24) is 20.2 Å². The molecule has 2 aromatic heterocycles. The SMILES string of the molecule is COC(=O)c1c(NC(=O)CSc2nnnn2-c2ccccc2)sc2c1CCC2. The van der Waals surface area contributed by atoms with Crippen molar-refractivity contribution in [1.29, 1.82) is 0 Å². The highest BCUT2D eigenvalue weighted by Crippen LogP contribution is 2.39. The lowest BCUT2D eigenvalue weighted by Gasteiger charge is -2.07. The molecule has 10 heteroatoms. The summed E-state index contributed by atoms with van der Waals surface area (Å²) in [5.74, 6) is -0.510. The van der Waals surface area contributed by atoms with Crippen LogP contribution in [0.5, 0.6) is 0 Å². The molecule has 1 aliphatic rings. The van der Waals surface area contributed by atoms with Gasteiger partial charge < -0.3 is 10.1 Å². The quantitative estimate of drug-likeness (QED) is 0.488. The van der Waals surface area contributed by atoms with E-state index in [-0.39, 0.29) is 11.7 Å². The largest absolute Gasteiger partial charge is 0.465 e. The van der Waals surface area contributed by atoms with Gasteiger partial charge in [-0.05, 0) is 47.4 Å². The Labute approximate surface area is 169 Å². The number of anilines is 1. The molecule has 0 saturated carbocycles. The number of rotatable bonds is 6. The first kappa shape index (κ1) is 18.6. The lowest BCUT2D eigenvalue weighted by atomic mass is 10.1. The number of methoxy groups -OCH3 is 1. The third-order valence-electron chi connectivity index (χ3n) is 4.34. The minimum Gasteiger partial charge on any atom is -0.465 e. The molecule has 0 radical (unpaired) electrons. The van der Waals surface area contributed by atoms with Crippen LogP contribution in [0, 0.1) is 0 Å². The summed E-state index contributed by atoms with van der Waals surface area (Å²) >= 11 is 2.69. The van der Waals surface area contributed by atoms with E-state index in [1.807, 2.05) is 30.3 Å². The molecule has 1 N–H and O–H groups in total. The molecule has 0 aliphatic heterocycles. The number of carbonyl (C=O) groups excluding carboxylic acids is 2. The number of thioether (sulfide) groups is 1. The number of nitrogens with one attached hydrogen (secondary N) is 1. The van der Waals surface area contributed by atoms with E-state index in [0.717, 1.165) is 35.4 Å². The van der Waals surface area contributed by atoms with Gasteiger partial charge in [0.05, 0.1) is 24.1 Å². The second kappa shape index (κ2) is 8.11. The number of tetrazole rings is 1. The van der Waals surface area contributed by atoms with Gasteiger partial charge in [-0.2, -0.15) is 4.68 Å². The van der Waals surface area contributed by atoms with Crippen molar-refractivity contribution < 1.29 is 14.3 Å². The maximum Gasteiger partial charge on any atom is 0.341 e. The minimum absolute atomic E-state index is 0.121. The average molecular weight is 416 g/mol. The van der Waals surface area contributed by atoms with Crippen LogP contribution in [0.15, 0.2) is 35.5 Å². The molecule has 28 heavy (non-hydrogen) atoms. The van der Waals surface area contributed by atoms with Crippen LogP contribution in [-0.2, 0) is 22.4 Å². The number of aryl methyl sites for hydroxylation is 1. The fraction of sp³-hybridized carbons (Fsp3) is 0.278. The molecule has 2 heterocycles. The maximum absolute atomic E-state index is 12.5. The Morgan fingerprint density at radius 3 is 2.89 bits per heavy atom. The number of nitrogens with zero attached hydrogens (tertiary/aromatic N) is 4. The number of hydrogen-bond acceptors (Lipinski definition) is 8. The predicted octanol–water partition coefficient (Wildman–Crippen LogP) is 2.73. The summed E-state index contributed by atoms with van der Waals surface area (Å²) in [6.45, 7) is 0. The summed E-state index contributed by atoms with van der Waals surface area (Å²) in [6, 6.07) is 9.46. The number of carbonyl (C=O) groups is 2. The number of fused-ring (bicyclic) bond motifs is 1. The number of benzene rings is 1. The molecule has 0 bridgehead atoms. The smallest absolute Gasteiger partial charge is 0.341 e. The highest BCUT2D eigenvalue weighted by molar-refractivity contribution is 7.99. The van der Waals surface area contributed by atoms with Crippen molar-refractivity contribution in [2.45, 2.75) is 24.4 Å². The molecule has 1 aromatic carbocycles. The molecular formula is C18H17N5O3S2. The van der Waals surface area contributed by atoms with Crippen molar-refractivity contribution >= 4 is 40.0 Å². The number of thiophene rings is 1. The van der Waals surface area contributed by atoms with E-state index in [0.29, 0.717) is 15.7 Å². The van der Waals surface area contributed by atoms with E-state index in [9.17, 15) is 9.59 Å². The molecule has 0 spiro atoms. The fourth-order valence-corrected chi connectivity index (χ4v) is 5.09. The van der Waals surface area contributed by atoms with Gasteiger partial charge in [-0.25, -0.2) is 4.79 Å². The zero-order valence-electron chi connectivity index (χ0n) is 15.0. The van der Waals surface area contributed by atoms with E-state index in [2.05, 4.69) is 20.8 Å². The molecule has 8 nitrogen and oxygen atoms in total. The van der Waals surface area contributed by atoms with Crippen LogP contribution in [-0.4, -0.2) is 44.9 Å². The van der Waals surface area contributed by atoms with Gasteiger partial charge in [0.2, 0.25) is 11.1 Å². The number of esters is 1. The van der Waals surface area contributed by atoms with Gasteiger partial charge in [0.1, 0.15) is 5.00 Å². The summed E-state index contributed by atoms with van der Waals surface area (Å²) in [6.07, 6.45) is 2.80. The predicted molar refractivity (Wildman–Crippen MR) is 106 cm³/mol. The van der Waals surface area contributed by atoms with E-state index in [1.165, 1.54) is 30.2 Å². The van der Waals surface area contributed by atoms with Gasteiger partial charge in [-0.1, -0.05) is 30.0 Å². The lowest BCUT2D eigenvalue weighted by molar-refractivity contribution is -0.113. The topological polar surface area (TPSA) is 99.0 Å². The van der Waals surface area contributed by atoms with Gasteiger partial charge in [0.25, 0.3) is 0 Å². The van der Waals surface area contributed by atoms with Crippen LogP contribution < -0.4 is 5.32 Å². The molecule has 0 atom stereocenters. The monoisotopic (exact) mass is 415 g/mol. The zero-order chi connectivity index (χ0) is 19.5. The van der Waals surface area contributed by atoms with Gasteiger partial charge >= 0.3 is 5.97 Å². The van der Waals surface area contributed by atoms with Gasteiger partial charge in [-0.15, -0.1) is 16.4 Å². The Bertz CT molecular complexity index is 1020. The molecule has 4 rings (SSSR count). The van der Waals surface area contributed by atoms with Gasteiger partial charge in [0.15, 0.2) is 0 Å². The van der Waals surface area contributed by atoms with Gasteiger partial charge in [0, 0.05) is 4.88 Å². The van der Waals surface area contributed by atoms with Crippen molar-refractivity contribution in [2.75, 3.05) is 18.2 Å². The van der Waals surface area contributed by atoms with Crippen molar-refractivity contribution in [3.63, 3.8) is 0 Å². The maximum atomic E-state index is 12.5. The standard InChI is InChI=1S/C18H17N5O3S2/c1-26-17(25)15-12-8-5-9-13(12)28-16(15)19-14(24)10-27-18-20-21-22-23(18)11-6-3-2-4-7-11/h2-4,6-7H,5,8-10H2,1H3,(H,19,24). The Morgan fingerprint density at radius 1 is 1.29 bits per heavy atom. The van der Waals surface area contributed by atoms with Crippen LogP contribution in [0.3, 0.4) is 0 Å². The minimum atomic E-state index is -0.407. The summed E-state index contributed by atoms with van der Waals surface area (Å²) < 4.78 is 6.49. The second-order valence-electron chi connectivity index (χ2n) is 6.10. The normalized spacial score (nSPS) is 12.6. The van der Waals surface area contributed by atoms with Crippen molar-refractivity contribution in [3.8, 4) is 5.69 Å². The number of para-hydroxylation sites is 1. The first-order valence-corrected chi connectivity index (χ1v) is 10.5. The average Bonchev–Trinajstić information content (AvgIpc) is 3.42. The summed E-state index contributed by atoms with van der Waals surface area (Å²) in [5, 5.41) is 15.6. The number of ether oxygens (including phenoxy) is 1. The first-order chi connectivity index (χ1) is 13.7. The van der Waals surface area contributed by atoms with Crippen LogP contribution in [0.25, 0.3) is 5.69 Å². The van der Waals surface area contributed by atoms with E-state index >= 15 is 0 Å². The highest BCUT2D eigenvalue weighted by Gasteiger charge is 2.28. The Morgan fingerprint density at radius 2 is 2.11 bits per heavy atom. The molecule has 0 saturated heterocycles. The fourth-order valence-electron chi connectivity index (χ4n) is 3.10. The number of hydrogen-bond donors (Lipinski definition) is 1. The molecule has 1 aliphatic carbocycles. The zero-order valence-corrected chi connectivity index (χ0v) is 16.7. The lowest BCUT2D eigenvalue weighted by Crippen LogP contribution is -2.16. The van der Waals surface area contributed by atoms with Crippen molar-refractivity contribution in [3.05, 3.63) is 46.3 Å². The summed E-state index contributed by atoms with van der Waals surface area (Å²) in [7, 11) is 1.35. The molecule has 144 valence electrons. The van der Waals surface area contributed by atoms with Crippen LogP contribution in [0.2, 0.25) is 0 Å². The second-order valence-corrected chi connectivity index (χ2v) is 8.15. The van der Waals surface area contributed by atoms with E-state index in [4.69, 9.17) is 4.74 Å². The van der Waals surface area contributed by atoms with E-state index in [1.54, 1.807) is 4.68 Å². The van der Waals surface area contributed by atoms with Crippen molar-refractivity contribution in [2.24, 2.45) is 0 Å². The van der Waals surface area contributed by atoms with Crippen LogP contribution in [0.1, 0.15) is 27.2 Å². The molecular weight excluding hydrogens is 398 g/mol. The Hall–Kier alpha value is -2.72. The molecule has 0 unspecified atom stereocenters. The third kappa shape index (κ3) is 3.65. The molecule has 3 aromatic rings.